The van der Waals surface area contributed by atoms with E-state index in [1.165, 1.54) is 18.4 Å². The quantitative estimate of drug-likeness (QED) is 0.427. The van der Waals surface area contributed by atoms with Gasteiger partial charge in [-0.15, -0.1) is 0 Å². The normalized spacial score (nSPS) is 11.4. The maximum absolute atomic E-state index is 12.9. The van der Waals surface area contributed by atoms with Crippen LogP contribution in [0.15, 0.2) is 88.9 Å². The van der Waals surface area contributed by atoms with Gasteiger partial charge in [0.25, 0.3) is 5.91 Å². The standard InChI is InChI=1S/C23H22N4O4S/c1-17-7-8-21(32(29,30)25-14-20-6-3-11-31-20)13-22(17)23(28)26-19-5-2-4-18(12-19)15-27-10-9-24-16-27/h2-13,16,25H,14-15H2,1H3,(H,26,28). The molecule has 1 amide bonds. The third-order valence-corrected chi connectivity index (χ3v) is 6.29. The smallest absolute Gasteiger partial charge is 0.255 e. The van der Waals surface area contributed by atoms with Gasteiger partial charge in [-0.25, -0.2) is 18.1 Å². The Labute approximate surface area is 186 Å². The van der Waals surface area contributed by atoms with Crippen molar-refractivity contribution in [2.45, 2.75) is 24.9 Å². The Kier molecular flexibility index (Phi) is 6.20. The Morgan fingerprint density at radius 3 is 2.75 bits per heavy atom. The van der Waals surface area contributed by atoms with Crippen LogP contribution in [-0.2, 0) is 23.1 Å². The average molecular weight is 451 g/mol. The number of hydrogen-bond acceptors (Lipinski definition) is 5. The van der Waals surface area contributed by atoms with Crippen molar-refractivity contribution in [3.63, 3.8) is 0 Å². The summed E-state index contributed by atoms with van der Waals surface area (Å²) in [5.74, 6) is 0.111. The number of furan rings is 1. The zero-order valence-electron chi connectivity index (χ0n) is 17.4. The van der Waals surface area contributed by atoms with Crippen molar-refractivity contribution in [2.75, 3.05) is 5.32 Å². The van der Waals surface area contributed by atoms with Gasteiger partial charge in [0.15, 0.2) is 0 Å². The van der Waals surface area contributed by atoms with E-state index in [1.54, 1.807) is 43.7 Å². The van der Waals surface area contributed by atoms with Crippen molar-refractivity contribution in [1.29, 1.82) is 0 Å². The monoisotopic (exact) mass is 450 g/mol. The van der Waals surface area contributed by atoms with Gasteiger partial charge >= 0.3 is 0 Å². The van der Waals surface area contributed by atoms with Crippen LogP contribution in [0.3, 0.4) is 0 Å². The highest BCUT2D eigenvalue weighted by Gasteiger charge is 2.18. The van der Waals surface area contributed by atoms with Gasteiger partial charge in [0.05, 0.1) is 24.0 Å². The minimum absolute atomic E-state index is 0.00802. The summed E-state index contributed by atoms with van der Waals surface area (Å²) in [4.78, 5) is 17.0. The molecule has 2 heterocycles. The van der Waals surface area contributed by atoms with Crippen LogP contribution in [0.4, 0.5) is 5.69 Å². The van der Waals surface area contributed by atoms with E-state index >= 15 is 0 Å². The van der Waals surface area contributed by atoms with Crippen LogP contribution in [0.2, 0.25) is 0 Å². The van der Waals surface area contributed by atoms with Crippen molar-refractivity contribution in [3.05, 3.63) is 102 Å². The maximum Gasteiger partial charge on any atom is 0.255 e. The molecule has 0 unspecified atom stereocenters. The van der Waals surface area contributed by atoms with E-state index in [0.29, 0.717) is 23.6 Å². The molecule has 8 nitrogen and oxygen atoms in total. The number of nitrogens with zero attached hydrogens (tertiary/aromatic N) is 2. The number of aryl methyl sites for hydroxylation is 1. The van der Waals surface area contributed by atoms with Gasteiger partial charge in [-0.1, -0.05) is 18.2 Å². The van der Waals surface area contributed by atoms with E-state index in [2.05, 4.69) is 15.0 Å². The van der Waals surface area contributed by atoms with Crippen molar-refractivity contribution < 1.29 is 17.6 Å². The molecule has 9 heteroatoms. The largest absolute Gasteiger partial charge is 0.468 e. The topological polar surface area (TPSA) is 106 Å². The van der Waals surface area contributed by atoms with Crippen LogP contribution in [0.1, 0.15) is 27.2 Å². The molecular formula is C23H22N4O4S. The number of sulfonamides is 1. The van der Waals surface area contributed by atoms with E-state index in [0.717, 1.165) is 5.56 Å². The molecule has 0 bridgehead atoms. The summed E-state index contributed by atoms with van der Waals surface area (Å²) in [5, 5.41) is 2.86. The molecule has 0 aliphatic rings. The van der Waals surface area contributed by atoms with Gasteiger partial charge < -0.3 is 14.3 Å². The Morgan fingerprint density at radius 2 is 2.00 bits per heavy atom. The lowest BCUT2D eigenvalue weighted by Crippen LogP contribution is -2.24. The molecule has 0 radical (unpaired) electrons. The van der Waals surface area contributed by atoms with Crippen LogP contribution in [0.5, 0.6) is 0 Å². The SMILES string of the molecule is Cc1ccc(S(=O)(=O)NCc2ccco2)cc1C(=O)Nc1cccc(Cn2ccnc2)c1. The summed E-state index contributed by atoms with van der Waals surface area (Å²) in [7, 11) is -3.82. The Hall–Kier alpha value is -3.69. The third-order valence-electron chi connectivity index (χ3n) is 4.89. The number of carbonyl (C=O) groups excluding carboxylic acids is 1. The van der Waals surface area contributed by atoms with Crippen molar-refractivity contribution in [1.82, 2.24) is 14.3 Å². The molecule has 0 saturated heterocycles. The van der Waals surface area contributed by atoms with Crippen LogP contribution < -0.4 is 10.0 Å². The highest BCUT2D eigenvalue weighted by molar-refractivity contribution is 7.89. The summed E-state index contributed by atoms with van der Waals surface area (Å²) in [6.45, 7) is 2.41. The predicted octanol–water partition coefficient (Wildman–Crippen LogP) is 3.56. The molecule has 164 valence electrons. The minimum atomic E-state index is -3.82. The molecule has 0 aliphatic carbocycles. The van der Waals surface area contributed by atoms with Crippen molar-refractivity contribution in [3.8, 4) is 0 Å². The molecule has 0 aliphatic heterocycles. The molecule has 0 atom stereocenters. The summed E-state index contributed by atoms with van der Waals surface area (Å²) >= 11 is 0. The average Bonchev–Trinajstić information content (AvgIpc) is 3.47. The molecule has 32 heavy (non-hydrogen) atoms. The first-order valence-electron chi connectivity index (χ1n) is 9.89. The number of hydrogen-bond donors (Lipinski definition) is 2. The number of anilines is 1. The van der Waals surface area contributed by atoms with Gasteiger partial charge in [0.1, 0.15) is 5.76 Å². The first-order valence-corrected chi connectivity index (χ1v) is 11.4. The fourth-order valence-electron chi connectivity index (χ4n) is 3.21. The molecule has 4 rings (SSSR count). The van der Waals surface area contributed by atoms with Gasteiger partial charge in [0, 0.05) is 30.2 Å². The summed E-state index contributed by atoms with van der Waals surface area (Å²) in [5.41, 5.74) is 2.57. The number of imidazole rings is 1. The van der Waals surface area contributed by atoms with E-state index in [-0.39, 0.29) is 22.9 Å². The Morgan fingerprint density at radius 1 is 1.12 bits per heavy atom. The van der Waals surface area contributed by atoms with Gasteiger partial charge in [-0.3, -0.25) is 4.79 Å². The third kappa shape index (κ3) is 5.13. The fourth-order valence-corrected chi connectivity index (χ4v) is 4.23. The molecule has 0 spiro atoms. The zero-order valence-corrected chi connectivity index (χ0v) is 18.2. The van der Waals surface area contributed by atoms with Gasteiger partial charge in [-0.05, 0) is 54.4 Å². The molecule has 0 saturated carbocycles. The van der Waals surface area contributed by atoms with Crippen LogP contribution >= 0.6 is 0 Å². The lowest BCUT2D eigenvalue weighted by atomic mass is 10.1. The van der Waals surface area contributed by atoms with Crippen LogP contribution in [0.25, 0.3) is 0 Å². The number of benzene rings is 2. The predicted molar refractivity (Wildman–Crippen MR) is 120 cm³/mol. The molecule has 2 aromatic heterocycles. The summed E-state index contributed by atoms with van der Waals surface area (Å²) in [6, 6.07) is 15.3. The summed E-state index contributed by atoms with van der Waals surface area (Å²) < 4.78 is 34.9. The number of amides is 1. The lowest BCUT2D eigenvalue weighted by Gasteiger charge is -2.12. The fraction of sp³-hybridized carbons (Fsp3) is 0.130. The molecule has 2 aromatic carbocycles. The molecule has 0 fully saturated rings. The Balaban J connectivity index is 1.50. The highest BCUT2D eigenvalue weighted by Crippen LogP contribution is 2.19. The second-order valence-electron chi connectivity index (χ2n) is 7.27. The lowest BCUT2D eigenvalue weighted by molar-refractivity contribution is 0.102. The van der Waals surface area contributed by atoms with Crippen molar-refractivity contribution >= 4 is 21.6 Å². The van der Waals surface area contributed by atoms with E-state index in [9.17, 15) is 13.2 Å². The highest BCUT2D eigenvalue weighted by atomic mass is 32.2. The number of rotatable bonds is 8. The molecule has 4 aromatic rings. The van der Waals surface area contributed by atoms with Gasteiger partial charge in [0.2, 0.25) is 10.0 Å². The van der Waals surface area contributed by atoms with Gasteiger partial charge in [-0.2, -0.15) is 0 Å². The number of nitrogens with one attached hydrogen (secondary N) is 2. The first kappa shape index (κ1) is 21.5. The zero-order chi connectivity index (χ0) is 22.6. The molecule has 2 N–H and O–H groups in total. The van der Waals surface area contributed by atoms with Crippen LogP contribution in [0, 0.1) is 6.92 Å². The summed E-state index contributed by atoms with van der Waals surface area (Å²) in [6.07, 6.45) is 6.77. The molecular weight excluding hydrogens is 428 g/mol. The van der Waals surface area contributed by atoms with E-state index in [4.69, 9.17) is 4.42 Å². The van der Waals surface area contributed by atoms with E-state index in [1.807, 2.05) is 29.0 Å². The Bertz CT molecular complexity index is 1310. The van der Waals surface area contributed by atoms with E-state index < -0.39 is 10.0 Å². The number of carbonyl (C=O) groups is 1. The first-order chi connectivity index (χ1) is 15.4. The number of aromatic nitrogens is 2. The maximum atomic E-state index is 12.9. The second-order valence-corrected chi connectivity index (χ2v) is 9.04. The van der Waals surface area contributed by atoms with Crippen LogP contribution in [-0.4, -0.2) is 23.9 Å². The second kappa shape index (κ2) is 9.21. The van der Waals surface area contributed by atoms with Crippen molar-refractivity contribution in [2.24, 2.45) is 0 Å². The minimum Gasteiger partial charge on any atom is -0.468 e.